The Kier molecular flexibility index (Phi) is 14.8. The number of benzene rings is 2. The van der Waals surface area contributed by atoms with Gasteiger partial charge >= 0.3 is 12.1 Å². The summed E-state index contributed by atoms with van der Waals surface area (Å²) >= 11 is 0. The summed E-state index contributed by atoms with van der Waals surface area (Å²) in [4.78, 5) is 50.5. The molecule has 11 heteroatoms. The number of rotatable bonds is 20. The van der Waals surface area contributed by atoms with Gasteiger partial charge in [-0.2, -0.15) is 0 Å². The zero-order valence-corrected chi connectivity index (χ0v) is 25.5. The summed E-state index contributed by atoms with van der Waals surface area (Å²) in [7, 11) is 0. The van der Waals surface area contributed by atoms with Crippen LogP contribution in [0.3, 0.4) is 0 Å². The summed E-state index contributed by atoms with van der Waals surface area (Å²) in [6, 6.07) is 15.1. The van der Waals surface area contributed by atoms with Crippen molar-refractivity contribution in [2.45, 2.75) is 37.6 Å². The number of amides is 3. The fourth-order valence-corrected chi connectivity index (χ4v) is 5.10. The van der Waals surface area contributed by atoms with E-state index in [9.17, 15) is 19.2 Å². The molecule has 3 amide bonds. The molecule has 2 atom stereocenters. The van der Waals surface area contributed by atoms with E-state index in [0.717, 1.165) is 22.3 Å². The van der Waals surface area contributed by atoms with Crippen molar-refractivity contribution >= 4 is 23.9 Å². The topological polar surface area (TPSA) is 152 Å². The van der Waals surface area contributed by atoms with E-state index in [2.05, 4.69) is 29.1 Å². The highest BCUT2D eigenvalue weighted by Crippen LogP contribution is 2.44. The molecule has 0 spiro atoms. The molecule has 2 aromatic carbocycles. The lowest BCUT2D eigenvalue weighted by Crippen LogP contribution is -2.43. The normalized spacial score (nSPS) is 13.0. The second-order valence-corrected chi connectivity index (χ2v) is 10.5. The molecule has 1 aliphatic rings. The number of aliphatic hydroxyl groups is 1. The maximum Gasteiger partial charge on any atom is 0.407 e. The molecule has 2 aromatic rings. The van der Waals surface area contributed by atoms with E-state index in [1.807, 2.05) is 48.5 Å². The maximum atomic E-state index is 12.8. The van der Waals surface area contributed by atoms with Gasteiger partial charge in [-0.25, -0.2) is 9.59 Å². The van der Waals surface area contributed by atoms with Crippen molar-refractivity contribution in [3.05, 3.63) is 85.0 Å². The van der Waals surface area contributed by atoms with Gasteiger partial charge < -0.3 is 35.3 Å². The number of fused-ring (bicyclic) bond motifs is 3. The van der Waals surface area contributed by atoms with Crippen molar-refractivity contribution in [3.8, 4) is 11.1 Å². The van der Waals surface area contributed by atoms with Gasteiger partial charge in [0, 0.05) is 18.9 Å². The molecule has 0 heterocycles. The smallest absolute Gasteiger partial charge is 0.407 e. The Bertz CT molecular complexity index is 1270. The Hall–Kier alpha value is -4.48. The molecule has 2 unspecified atom stereocenters. The first kappa shape index (κ1) is 35.0. The largest absolute Gasteiger partial charge is 0.462 e. The molecule has 242 valence electrons. The highest BCUT2D eigenvalue weighted by Gasteiger charge is 2.30. The zero-order valence-electron chi connectivity index (χ0n) is 25.5. The number of carbonyl (C=O) groups is 4. The summed E-state index contributed by atoms with van der Waals surface area (Å²) in [6.45, 7) is 7.93. The lowest BCUT2D eigenvalue weighted by atomic mass is 9.98. The van der Waals surface area contributed by atoms with Gasteiger partial charge in [-0.1, -0.05) is 60.7 Å². The molecule has 3 rings (SSSR count). The van der Waals surface area contributed by atoms with Crippen molar-refractivity contribution in [1.29, 1.82) is 0 Å². The number of hydrogen-bond acceptors (Lipinski definition) is 8. The molecular weight excluding hydrogens is 578 g/mol. The third-order valence-electron chi connectivity index (χ3n) is 7.28. The molecule has 0 aliphatic heterocycles. The number of hydrogen-bond donors (Lipinski definition) is 4. The van der Waals surface area contributed by atoms with Crippen LogP contribution in [-0.2, 0) is 28.6 Å². The molecule has 11 nitrogen and oxygen atoms in total. The Labute approximate surface area is 264 Å². The van der Waals surface area contributed by atoms with E-state index < -0.39 is 24.0 Å². The van der Waals surface area contributed by atoms with E-state index in [0.29, 0.717) is 6.42 Å². The van der Waals surface area contributed by atoms with Crippen molar-refractivity contribution < 1.29 is 38.5 Å². The van der Waals surface area contributed by atoms with Crippen LogP contribution in [0.5, 0.6) is 0 Å². The minimum absolute atomic E-state index is 0.0218. The number of allylic oxidation sites excluding steroid dienone is 2. The van der Waals surface area contributed by atoms with Gasteiger partial charge in [0.25, 0.3) is 0 Å². The summed E-state index contributed by atoms with van der Waals surface area (Å²) in [5, 5.41) is 16.7. The predicted octanol–water partition coefficient (Wildman–Crippen LogP) is 3.23. The van der Waals surface area contributed by atoms with Gasteiger partial charge in [-0.05, 0) is 41.5 Å². The lowest BCUT2D eigenvalue weighted by molar-refractivity contribution is -0.146. The first-order valence-corrected chi connectivity index (χ1v) is 15.1. The van der Waals surface area contributed by atoms with Crippen molar-refractivity contribution in [2.24, 2.45) is 5.92 Å². The van der Waals surface area contributed by atoms with Crippen LogP contribution in [0, 0.1) is 5.92 Å². The Morgan fingerprint density at radius 1 is 0.867 bits per heavy atom. The predicted molar refractivity (Wildman–Crippen MR) is 169 cm³/mol. The number of ether oxygens (including phenoxy) is 3. The Morgan fingerprint density at radius 2 is 1.53 bits per heavy atom. The van der Waals surface area contributed by atoms with Gasteiger partial charge in [-0.15, -0.1) is 13.2 Å². The van der Waals surface area contributed by atoms with Gasteiger partial charge in [0.05, 0.1) is 32.3 Å². The molecule has 0 saturated heterocycles. The Morgan fingerprint density at radius 3 is 2.18 bits per heavy atom. The molecule has 1 aliphatic carbocycles. The number of nitrogens with one attached hydrogen (secondary N) is 3. The third kappa shape index (κ3) is 10.9. The third-order valence-corrected chi connectivity index (χ3v) is 7.28. The summed E-state index contributed by atoms with van der Waals surface area (Å²) in [5.41, 5.74) is 4.38. The number of esters is 1. The number of alkyl carbamates (subject to hydrolysis) is 1. The minimum Gasteiger partial charge on any atom is -0.462 e. The van der Waals surface area contributed by atoms with Crippen LogP contribution >= 0.6 is 0 Å². The summed E-state index contributed by atoms with van der Waals surface area (Å²) < 4.78 is 16.0. The average Bonchev–Trinajstić information content (AvgIpc) is 3.37. The highest BCUT2D eigenvalue weighted by molar-refractivity contribution is 5.86. The molecule has 4 N–H and O–H groups in total. The van der Waals surface area contributed by atoms with E-state index >= 15 is 0 Å². The second kappa shape index (κ2) is 19.0. The molecule has 0 bridgehead atoms. The van der Waals surface area contributed by atoms with E-state index in [-0.39, 0.29) is 83.1 Å². The molecule has 45 heavy (non-hydrogen) atoms. The van der Waals surface area contributed by atoms with Gasteiger partial charge in [0.1, 0.15) is 19.3 Å². The Balaban J connectivity index is 1.44. The van der Waals surface area contributed by atoms with E-state index in [1.54, 1.807) is 12.2 Å². The molecular formula is C34H43N3O8. The lowest BCUT2D eigenvalue weighted by Gasteiger charge is -2.19. The van der Waals surface area contributed by atoms with Crippen LogP contribution in [-0.4, -0.2) is 81.1 Å². The fourth-order valence-electron chi connectivity index (χ4n) is 5.10. The monoisotopic (exact) mass is 621 g/mol. The van der Waals surface area contributed by atoms with Gasteiger partial charge in [-0.3, -0.25) is 9.59 Å². The maximum absolute atomic E-state index is 12.8. The first-order valence-electron chi connectivity index (χ1n) is 15.1. The van der Waals surface area contributed by atoms with Gasteiger partial charge in [0.2, 0.25) is 11.8 Å². The van der Waals surface area contributed by atoms with Crippen LogP contribution in [0.2, 0.25) is 0 Å². The standard InChI is InChI=1S/C34H43N3O8/c1-3-5-15-30(37-34(42)45-23-29-27-13-8-6-11-25(27)26-12-7-9-14-28(26)29)33(41)44-20-17-36-32(40)24(10-4-2)22-31(39)35-16-19-43-21-18-38/h3-4,6-9,11-14,24,29-30,38H,1-2,5,10,15-23H2,(H,35,39)(H,36,40)(H,37,42). The summed E-state index contributed by atoms with van der Waals surface area (Å²) in [6.07, 6.45) is 3.42. The van der Waals surface area contributed by atoms with Crippen LogP contribution in [0.4, 0.5) is 4.79 Å². The molecule has 0 aromatic heterocycles. The minimum atomic E-state index is -0.965. The van der Waals surface area contributed by atoms with Crippen molar-refractivity contribution in [1.82, 2.24) is 16.0 Å². The molecule has 0 fully saturated rings. The molecule has 0 radical (unpaired) electrons. The highest BCUT2D eigenvalue weighted by atomic mass is 16.6. The van der Waals surface area contributed by atoms with Crippen LogP contribution in [0.15, 0.2) is 73.8 Å². The SMILES string of the molecule is C=CCCC(NC(=O)OCC1c2ccccc2-c2ccccc21)C(=O)OCCNC(=O)C(CC=C)CC(=O)NCCOCCO. The van der Waals surface area contributed by atoms with Crippen LogP contribution < -0.4 is 16.0 Å². The summed E-state index contributed by atoms with van der Waals surface area (Å²) in [5.74, 6) is -2.12. The van der Waals surface area contributed by atoms with Gasteiger partial charge in [0.15, 0.2) is 0 Å². The van der Waals surface area contributed by atoms with E-state index in [1.165, 1.54) is 0 Å². The van der Waals surface area contributed by atoms with Crippen molar-refractivity contribution in [2.75, 3.05) is 46.1 Å². The van der Waals surface area contributed by atoms with Crippen molar-refractivity contribution in [3.63, 3.8) is 0 Å². The molecule has 0 saturated carbocycles. The number of carbonyl (C=O) groups excluding carboxylic acids is 4. The second-order valence-electron chi connectivity index (χ2n) is 10.5. The zero-order chi connectivity index (χ0) is 32.4. The van der Waals surface area contributed by atoms with Crippen LogP contribution in [0.25, 0.3) is 11.1 Å². The average molecular weight is 622 g/mol. The van der Waals surface area contributed by atoms with E-state index in [4.69, 9.17) is 19.3 Å². The first-order chi connectivity index (χ1) is 21.9. The van der Waals surface area contributed by atoms with Crippen LogP contribution in [0.1, 0.15) is 42.7 Å². The fraction of sp³-hybridized carbons (Fsp3) is 0.412. The number of aliphatic hydroxyl groups excluding tert-OH is 1. The quantitative estimate of drug-likeness (QED) is 0.1000.